The number of benzene rings is 1. The Kier molecular flexibility index (Phi) is 4.50. The lowest BCUT2D eigenvalue weighted by atomic mass is 10.1. The minimum absolute atomic E-state index is 0.0417. The Labute approximate surface area is 100 Å². The van der Waals surface area contributed by atoms with Crippen molar-refractivity contribution in [3.63, 3.8) is 0 Å². The fraction of sp³-hybridized carbons (Fsp3) is 0.0909. The quantitative estimate of drug-likeness (QED) is 0.631. The van der Waals surface area contributed by atoms with Gasteiger partial charge in [-0.15, -0.1) is 0 Å². The summed E-state index contributed by atoms with van der Waals surface area (Å²) in [5, 5.41) is 17.4. The van der Waals surface area contributed by atoms with Crippen LogP contribution in [0.15, 0.2) is 34.3 Å². The van der Waals surface area contributed by atoms with E-state index in [0.717, 1.165) is 4.47 Å². The van der Waals surface area contributed by atoms with E-state index in [-0.39, 0.29) is 11.3 Å². The van der Waals surface area contributed by atoms with Crippen molar-refractivity contribution >= 4 is 21.7 Å². The standard InChI is InChI=1S/C11H6BrFN2O/c12-10-3-1-8(2-4-10)11(16-7-13)9(5-14)6-15/h1-4H,7H2. The number of hydrogen-bond donors (Lipinski definition) is 0. The smallest absolute Gasteiger partial charge is 0.228 e. The van der Waals surface area contributed by atoms with Gasteiger partial charge in [0.1, 0.15) is 12.1 Å². The Hall–Kier alpha value is -1.85. The first-order valence-electron chi connectivity index (χ1n) is 4.22. The topological polar surface area (TPSA) is 56.8 Å². The van der Waals surface area contributed by atoms with E-state index in [1.807, 2.05) is 0 Å². The van der Waals surface area contributed by atoms with Crippen LogP contribution in [0.25, 0.3) is 5.76 Å². The van der Waals surface area contributed by atoms with Crippen LogP contribution in [-0.2, 0) is 4.74 Å². The maximum atomic E-state index is 12.2. The molecule has 0 aliphatic rings. The van der Waals surface area contributed by atoms with Crippen LogP contribution < -0.4 is 0 Å². The molecule has 0 atom stereocenters. The van der Waals surface area contributed by atoms with E-state index >= 15 is 0 Å². The predicted octanol–water partition coefficient (Wildman–Crippen LogP) is 3.15. The lowest BCUT2D eigenvalue weighted by Gasteiger charge is -2.07. The van der Waals surface area contributed by atoms with Gasteiger partial charge >= 0.3 is 0 Å². The molecule has 0 aliphatic heterocycles. The minimum Gasteiger partial charge on any atom is -0.460 e. The van der Waals surface area contributed by atoms with Crippen LogP contribution in [0.4, 0.5) is 4.39 Å². The number of halogens is 2. The number of nitrogens with zero attached hydrogens (tertiary/aromatic N) is 2. The van der Waals surface area contributed by atoms with Gasteiger partial charge in [-0.2, -0.15) is 10.5 Å². The maximum Gasteiger partial charge on any atom is 0.228 e. The Morgan fingerprint density at radius 2 is 1.81 bits per heavy atom. The summed E-state index contributed by atoms with van der Waals surface area (Å²) in [5.41, 5.74) is 0.235. The summed E-state index contributed by atoms with van der Waals surface area (Å²) in [4.78, 5) is 0. The highest BCUT2D eigenvalue weighted by atomic mass is 79.9. The molecule has 1 aromatic carbocycles. The van der Waals surface area contributed by atoms with Crippen LogP contribution in [-0.4, -0.2) is 6.86 Å². The number of alkyl halides is 1. The van der Waals surface area contributed by atoms with E-state index in [9.17, 15) is 4.39 Å². The third-order valence-electron chi connectivity index (χ3n) is 1.76. The van der Waals surface area contributed by atoms with Crippen molar-refractivity contribution in [2.24, 2.45) is 0 Å². The fourth-order valence-corrected chi connectivity index (χ4v) is 1.35. The summed E-state index contributed by atoms with van der Waals surface area (Å²) in [6, 6.07) is 10.0. The van der Waals surface area contributed by atoms with Crippen molar-refractivity contribution in [2.75, 3.05) is 6.86 Å². The summed E-state index contributed by atoms with van der Waals surface area (Å²) in [7, 11) is 0. The Balaban J connectivity index is 3.24. The first kappa shape index (κ1) is 12.2. The predicted molar refractivity (Wildman–Crippen MR) is 59.3 cm³/mol. The highest BCUT2D eigenvalue weighted by Crippen LogP contribution is 2.22. The van der Waals surface area contributed by atoms with E-state index in [0.29, 0.717) is 5.56 Å². The second kappa shape index (κ2) is 5.89. The van der Waals surface area contributed by atoms with E-state index in [4.69, 9.17) is 10.5 Å². The molecule has 0 fully saturated rings. The van der Waals surface area contributed by atoms with Crippen LogP contribution in [0.5, 0.6) is 0 Å². The second-order valence-corrected chi connectivity index (χ2v) is 3.60. The van der Waals surface area contributed by atoms with E-state index in [1.54, 1.807) is 36.4 Å². The first-order chi connectivity index (χ1) is 7.72. The molecule has 1 rings (SSSR count). The molecule has 3 nitrogen and oxygen atoms in total. The molecule has 0 aromatic heterocycles. The monoisotopic (exact) mass is 280 g/mol. The summed E-state index contributed by atoms with van der Waals surface area (Å²) < 4.78 is 17.7. The van der Waals surface area contributed by atoms with Gasteiger partial charge in [-0.3, -0.25) is 0 Å². The van der Waals surface area contributed by atoms with Gasteiger partial charge in [0.2, 0.25) is 6.86 Å². The number of allylic oxidation sites excluding steroid dienone is 1. The highest BCUT2D eigenvalue weighted by Gasteiger charge is 2.10. The van der Waals surface area contributed by atoms with Crippen molar-refractivity contribution in [1.82, 2.24) is 0 Å². The van der Waals surface area contributed by atoms with Gasteiger partial charge in [0.15, 0.2) is 11.3 Å². The molecule has 0 heterocycles. The first-order valence-corrected chi connectivity index (χ1v) is 5.01. The molecule has 0 aliphatic carbocycles. The number of hydrogen-bond acceptors (Lipinski definition) is 3. The molecule has 80 valence electrons. The molecule has 0 N–H and O–H groups in total. The van der Waals surface area contributed by atoms with Crippen LogP contribution in [0.1, 0.15) is 5.56 Å². The molecule has 0 bridgehead atoms. The summed E-state index contributed by atoms with van der Waals surface area (Å²) >= 11 is 3.24. The van der Waals surface area contributed by atoms with Gasteiger partial charge in [0.05, 0.1) is 0 Å². The van der Waals surface area contributed by atoms with Crippen LogP contribution in [0.3, 0.4) is 0 Å². The third kappa shape index (κ3) is 2.82. The molecule has 1 aromatic rings. The normalized spacial score (nSPS) is 8.75. The SMILES string of the molecule is N#CC(C#N)=C(OCF)c1ccc(Br)cc1. The van der Waals surface area contributed by atoms with Gasteiger partial charge in [0, 0.05) is 10.0 Å². The molecule has 0 amide bonds. The van der Waals surface area contributed by atoms with Gasteiger partial charge in [-0.05, 0) is 12.1 Å². The molecule has 0 saturated heterocycles. The van der Waals surface area contributed by atoms with Crippen molar-refractivity contribution in [3.05, 3.63) is 39.9 Å². The largest absolute Gasteiger partial charge is 0.460 e. The Bertz CT molecular complexity index is 466. The zero-order chi connectivity index (χ0) is 12.0. The van der Waals surface area contributed by atoms with E-state index in [1.165, 1.54) is 0 Å². The molecule has 0 saturated carbocycles. The van der Waals surface area contributed by atoms with Crippen molar-refractivity contribution in [2.45, 2.75) is 0 Å². The Morgan fingerprint density at radius 3 is 2.25 bits per heavy atom. The highest BCUT2D eigenvalue weighted by molar-refractivity contribution is 9.10. The number of rotatable bonds is 3. The van der Waals surface area contributed by atoms with Crippen molar-refractivity contribution in [3.8, 4) is 12.1 Å². The molecule has 5 heteroatoms. The second-order valence-electron chi connectivity index (χ2n) is 2.69. The average molecular weight is 281 g/mol. The van der Waals surface area contributed by atoms with Crippen molar-refractivity contribution in [1.29, 1.82) is 10.5 Å². The maximum absolute atomic E-state index is 12.2. The van der Waals surface area contributed by atoms with Gasteiger partial charge in [-0.1, -0.05) is 28.1 Å². The molecule has 16 heavy (non-hydrogen) atoms. The number of nitriles is 2. The fourth-order valence-electron chi connectivity index (χ4n) is 1.08. The molecule has 0 radical (unpaired) electrons. The lowest BCUT2D eigenvalue weighted by Crippen LogP contribution is -1.94. The summed E-state index contributed by atoms with van der Waals surface area (Å²) in [6.45, 7) is -1.09. The van der Waals surface area contributed by atoms with E-state index < -0.39 is 6.86 Å². The van der Waals surface area contributed by atoms with Crippen LogP contribution in [0.2, 0.25) is 0 Å². The van der Waals surface area contributed by atoms with Gasteiger partial charge in [0.25, 0.3) is 0 Å². The lowest BCUT2D eigenvalue weighted by molar-refractivity contribution is 0.160. The summed E-state index contributed by atoms with van der Waals surface area (Å²) in [6.07, 6.45) is 0. The van der Waals surface area contributed by atoms with Crippen molar-refractivity contribution < 1.29 is 9.13 Å². The zero-order valence-corrected chi connectivity index (χ0v) is 9.66. The van der Waals surface area contributed by atoms with Gasteiger partial charge in [-0.25, -0.2) is 4.39 Å². The van der Waals surface area contributed by atoms with Crippen LogP contribution >= 0.6 is 15.9 Å². The van der Waals surface area contributed by atoms with E-state index in [2.05, 4.69) is 20.7 Å². The molecular formula is C11H6BrFN2O. The molecule has 0 spiro atoms. The zero-order valence-electron chi connectivity index (χ0n) is 8.08. The molecular weight excluding hydrogens is 275 g/mol. The summed E-state index contributed by atoms with van der Waals surface area (Å²) in [5.74, 6) is -0.0417. The molecule has 0 unspecified atom stereocenters. The third-order valence-corrected chi connectivity index (χ3v) is 2.28. The van der Waals surface area contributed by atoms with Gasteiger partial charge < -0.3 is 4.74 Å². The number of ether oxygens (including phenoxy) is 1. The average Bonchev–Trinajstić information content (AvgIpc) is 2.31. The van der Waals surface area contributed by atoms with Crippen LogP contribution in [0, 0.1) is 22.7 Å². The minimum atomic E-state index is -1.09. The Morgan fingerprint density at radius 1 is 1.25 bits per heavy atom.